The highest BCUT2D eigenvalue weighted by Gasteiger charge is 2.09. The minimum absolute atomic E-state index is 0.0395. The number of hydrogen-bond donors (Lipinski definition) is 3. The van der Waals surface area contributed by atoms with Gasteiger partial charge < -0.3 is 10.4 Å². The Morgan fingerprint density at radius 2 is 1.93 bits per heavy atom. The van der Waals surface area contributed by atoms with E-state index in [1.165, 1.54) is 0 Å². The zero-order valence-corrected chi connectivity index (χ0v) is 9.29. The van der Waals surface area contributed by atoms with Crippen LogP contribution in [0, 0.1) is 0 Å². The van der Waals surface area contributed by atoms with Gasteiger partial charge in [-0.3, -0.25) is 9.63 Å². The van der Waals surface area contributed by atoms with Crippen LogP contribution in [0.2, 0.25) is 0 Å². The molecular weight excluding hydrogens is 200 g/mol. The summed E-state index contributed by atoms with van der Waals surface area (Å²) in [6, 6.07) is 0. The van der Waals surface area contributed by atoms with Gasteiger partial charge in [0.05, 0.1) is 0 Å². The number of aliphatic carboxylic acids is 1. The third-order valence-electron chi connectivity index (χ3n) is 1.39. The quantitative estimate of drug-likeness (QED) is 0.542. The molecule has 0 aliphatic rings. The van der Waals surface area contributed by atoms with Crippen LogP contribution in [0.1, 0.15) is 27.2 Å². The molecule has 3 N–H and O–H groups in total. The highest BCUT2D eigenvalue weighted by molar-refractivity contribution is 5.75. The summed E-state index contributed by atoms with van der Waals surface area (Å²) in [4.78, 5) is 25.5. The number of amides is 1. The summed E-state index contributed by atoms with van der Waals surface area (Å²) in [5.41, 5.74) is 2.00. The summed E-state index contributed by atoms with van der Waals surface area (Å²) in [5, 5.41) is 11.3. The average molecular weight is 218 g/mol. The van der Waals surface area contributed by atoms with Gasteiger partial charge in [0.1, 0.15) is 0 Å². The van der Waals surface area contributed by atoms with Gasteiger partial charge in [-0.05, 0) is 20.8 Å². The smallest absolute Gasteiger partial charge is 0.332 e. The normalized spacial score (nSPS) is 11.1. The largest absolute Gasteiger partial charge is 0.479 e. The number of rotatable bonds is 6. The van der Waals surface area contributed by atoms with Gasteiger partial charge in [-0.1, -0.05) is 0 Å². The van der Waals surface area contributed by atoms with Crippen molar-refractivity contribution in [2.24, 2.45) is 0 Å². The highest BCUT2D eigenvalue weighted by Crippen LogP contribution is 1.97. The summed E-state index contributed by atoms with van der Waals surface area (Å²) in [6.45, 7) is 5.97. The van der Waals surface area contributed by atoms with Gasteiger partial charge in [0.15, 0.2) is 6.61 Å². The summed E-state index contributed by atoms with van der Waals surface area (Å²) in [6.07, 6.45) is 0.247. The lowest BCUT2D eigenvalue weighted by molar-refractivity contribution is -0.149. The summed E-state index contributed by atoms with van der Waals surface area (Å²) in [5.74, 6) is -1.46. The molecule has 0 unspecified atom stereocenters. The molecule has 6 nitrogen and oxygen atoms in total. The van der Waals surface area contributed by atoms with Crippen LogP contribution in [0.25, 0.3) is 0 Å². The molecule has 0 rings (SSSR count). The molecule has 0 fully saturated rings. The van der Waals surface area contributed by atoms with Gasteiger partial charge in [0.25, 0.3) is 0 Å². The van der Waals surface area contributed by atoms with Crippen molar-refractivity contribution in [2.45, 2.75) is 32.7 Å². The molecule has 0 atom stereocenters. The maximum atomic E-state index is 11.0. The molecule has 0 saturated heterocycles. The Kier molecular flexibility index (Phi) is 5.88. The Labute approximate surface area is 88.9 Å². The molecule has 1 amide bonds. The third-order valence-corrected chi connectivity index (χ3v) is 1.39. The van der Waals surface area contributed by atoms with Crippen LogP contribution in [0.3, 0.4) is 0 Å². The zero-order valence-electron chi connectivity index (χ0n) is 9.29. The number of hydroxylamine groups is 1. The Hall–Kier alpha value is -1.14. The van der Waals surface area contributed by atoms with Crippen LogP contribution in [0.15, 0.2) is 0 Å². The predicted molar refractivity (Wildman–Crippen MR) is 54.1 cm³/mol. The van der Waals surface area contributed by atoms with Crippen LogP contribution >= 0.6 is 0 Å². The van der Waals surface area contributed by atoms with Gasteiger partial charge in [0.2, 0.25) is 5.91 Å². The molecule has 0 radical (unpaired) electrons. The predicted octanol–water partition coefficient (Wildman–Crippen LogP) is -0.103. The summed E-state index contributed by atoms with van der Waals surface area (Å²) >= 11 is 0. The van der Waals surface area contributed by atoms with E-state index in [2.05, 4.69) is 10.2 Å². The monoisotopic (exact) mass is 218 g/mol. The van der Waals surface area contributed by atoms with E-state index in [4.69, 9.17) is 5.11 Å². The van der Waals surface area contributed by atoms with Crippen LogP contribution < -0.4 is 10.8 Å². The second kappa shape index (κ2) is 6.36. The first-order chi connectivity index (χ1) is 6.81. The van der Waals surface area contributed by atoms with E-state index in [-0.39, 0.29) is 17.9 Å². The second-order valence-corrected chi connectivity index (χ2v) is 4.13. The van der Waals surface area contributed by atoms with Gasteiger partial charge in [-0.25, -0.2) is 10.3 Å². The highest BCUT2D eigenvalue weighted by atomic mass is 16.7. The number of carbonyl (C=O) groups excluding carboxylic acids is 1. The molecule has 0 saturated carbocycles. The molecule has 0 aliphatic heterocycles. The topological polar surface area (TPSA) is 87.7 Å². The van der Waals surface area contributed by atoms with Gasteiger partial charge in [-0.15, -0.1) is 0 Å². The van der Waals surface area contributed by atoms with Crippen molar-refractivity contribution in [2.75, 3.05) is 13.2 Å². The molecule has 0 aromatic heterocycles. The molecular formula is C9H18N2O4. The van der Waals surface area contributed by atoms with Gasteiger partial charge >= 0.3 is 5.97 Å². The molecule has 0 heterocycles. The van der Waals surface area contributed by atoms with Gasteiger partial charge in [-0.2, -0.15) is 0 Å². The lowest BCUT2D eigenvalue weighted by Gasteiger charge is -2.19. The zero-order chi connectivity index (χ0) is 11.9. The Morgan fingerprint density at radius 1 is 1.33 bits per heavy atom. The van der Waals surface area contributed by atoms with E-state index >= 15 is 0 Å². The summed E-state index contributed by atoms with van der Waals surface area (Å²) < 4.78 is 0. The van der Waals surface area contributed by atoms with E-state index in [0.29, 0.717) is 6.54 Å². The van der Waals surface area contributed by atoms with Crippen LogP contribution in [0.5, 0.6) is 0 Å². The molecule has 6 heteroatoms. The minimum Gasteiger partial charge on any atom is -0.479 e. The minimum atomic E-state index is -1.12. The SMILES string of the molecule is CC(C)(C)NCCC(=O)NOCC(=O)O. The fourth-order valence-corrected chi connectivity index (χ4v) is 0.780. The molecule has 0 aliphatic carbocycles. The van der Waals surface area contributed by atoms with Crippen molar-refractivity contribution < 1.29 is 19.5 Å². The van der Waals surface area contributed by atoms with Gasteiger partial charge in [0, 0.05) is 18.5 Å². The van der Waals surface area contributed by atoms with E-state index in [1.807, 2.05) is 26.3 Å². The number of hydrogen-bond acceptors (Lipinski definition) is 4. The van der Waals surface area contributed by atoms with Crippen molar-refractivity contribution in [1.29, 1.82) is 0 Å². The maximum absolute atomic E-state index is 11.0. The van der Waals surface area contributed by atoms with E-state index in [0.717, 1.165) is 0 Å². The third kappa shape index (κ3) is 10.8. The molecule has 0 aromatic rings. The molecule has 0 bridgehead atoms. The lowest BCUT2D eigenvalue weighted by atomic mass is 10.1. The van der Waals surface area contributed by atoms with E-state index in [1.54, 1.807) is 0 Å². The first-order valence-corrected chi connectivity index (χ1v) is 4.69. The molecule has 88 valence electrons. The first kappa shape index (κ1) is 13.9. The lowest BCUT2D eigenvalue weighted by Crippen LogP contribution is -2.38. The second-order valence-electron chi connectivity index (χ2n) is 4.13. The van der Waals surface area contributed by atoms with Crippen LogP contribution in [0.4, 0.5) is 0 Å². The van der Waals surface area contributed by atoms with Crippen molar-refractivity contribution >= 4 is 11.9 Å². The van der Waals surface area contributed by atoms with Crippen LogP contribution in [-0.2, 0) is 14.4 Å². The fraction of sp³-hybridized carbons (Fsp3) is 0.778. The standard InChI is InChI=1S/C9H18N2O4/c1-9(2,3)10-5-4-7(12)11-15-6-8(13)14/h10H,4-6H2,1-3H3,(H,11,12)(H,13,14). The Bertz CT molecular complexity index is 223. The molecule has 15 heavy (non-hydrogen) atoms. The Morgan fingerprint density at radius 3 is 2.40 bits per heavy atom. The average Bonchev–Trinajstić information content (AvgIpc) is 2.00. The number of carboxylic acids is 1. The number of carbonyl (C=O) groups is 2. The number of nitrogens with one attached hydrogen (secondary N) is 2. The van der Waals surface area contributed by atoms with E-state index in [9.17, 15) is 9.59 Å². The summed E-state index contributed by atoms with van der Waals surface area (Å²) in [7, 11) is 0. The fourth-order valence-electron chi connectivity index (χ4n) is 0.780. The molecule has 0 aromatic carbocycles. The van der Waals surface area contributed by atoms with Crippen LogP contribution in [-0.4, -0.2) is 35.7 Å². The van der Waals surface area contributed by atoms with Crippen molar-refractivity contribution in [3.8, 4) is 0 Å². The van der Waals surface area contributed by atoms with Crippen molar-refractivity contribution in [3.63, 3.8) is 0 Å². The molecule has 0 spiro atoms. The van der Waals surface area contributed by atoms with Crippen molar-refractivity contribution in [3.05, 3.63) is 0 Å². The maximum Gasteiger partial charge on any atom is 0.332 e. The first-order valence-electron chi connectivity index (χ1n) is 4.69. The van der Waals surface area contributed by atoms with Crippen molar-refractivity contribution in [1.82, 2.24) is 10.8 Å². The number of carboxylic acid groups (broad SMARTS) is 1. The Balaban J connectivity index is 3.46. The van der Waals surface area contributed by atoms with E-state index < -0.39 is 12.6 Å².